The first-order valence-corrected chi connectivity index (χ1v) is 5.68. The number of hydrogen-bond donors (Lipinski definition) is 1. The van der Waals surface area contributed by atoms with Gasteiger partial charge in [-0.15, -0.1) is 0 Å². The Labute approximate surface area is 109 Å². The molecule has 0 spiro atoms. The topological polar surface area (TPSA) is 53.1 Å². The van der Waals surface area contributed by atoms with Crippen LogP contribution in [0.4, 0.5) is 4.39 Å². The van der Waals surface area contributed by atoms with Crippen molar-refractivity contribution in [3.8, 4) is 5.75 Å². The van der Waals surface area contributed by atoms with E-state index in [0.717, 1.165) is 0 Å². The van der Waals surface area contributed by atoms with Crippen molar-refractivity contribution in [3.63, 3.8) is 0 Å². The fourth-order valence-electron chi connectivity index (χ4n) is 1.80. The summed E-state index contributed by atoms with van der Waals surface area (Å²) in [7, 11) is 3.29. The Kier molecular flexibility index (Phi) is 3.54. The first-order chi connectivity index (χ1) is 8.54. The number of benzene rings is 1. The molecule has 96 valence electrons. The minimum Gasteiger partial charge on any atom is -0.493 e. The Morgan fingerprint density at radius 3 is 2.83 bits per heavy atom. The second-order valence-corrected chi connectivity index (χ2v) is 4.28. The standard InChI is InChI=1S/C12H13ClFN3O/c1-17-12(10(18-2)6-16-17)11(15)7-3-4-8(13)9(14)5-7/h3-6,11H,15H2,1-2H3. The van der Waals surface area contributed by atoms with Crippen molar-refractivity contribution in [3.05, 3.63) is 46.5 Å². The predicted octanol–water partition coefficient (Wildman–Crippen LogP) is 2.27. The van der Waals surface area contributed by atoms with E-state index in [4.69, 9.17) is 22.1 Å². The molecule has 1 heterocycles. The molecule has 0 saturated carbocycles. The zero-order valence-corrected chi connectivity index (χ0v) is 10.8. The molecule has 0 radical (unpaired) electrons. The van der Waals surface area contributed by atoms with Crippen molar-refractivity contribution < 1.29 is 9.13 Å². The van der Waals surface area contributed by atoms with Crippen molar-refractivity contribution >= 4 is 11.6 Å². The summed E-state index contributed by atoms with van der Waals surface area (Å²) in [6.07, 6.45) is 1.57. The molecule has 4 nitrogen and oxygen atoms in total. The van der Waals surface area contributed by atoms with E-state index in [9.17, 15) is 4.39 Å². The maximum absolute atomic E-state index is 13.4. The average Bonchev–Trinajstić information content (AvgIpc) is 2.73. The van der Waals surface area contributed by atoms with Gasteiger partial charge in [-0.1, -0.05) is 17.7 Å². The predicted molar refractivity (Wildman–Crippen MR) is 67.2 cm³/mol. The zero-order valence-electron chi connectivity index (χ0n) is 10.0. The van der Waals surface area contributed by atoms with Crippen LogP contribution >= 0.6 is 11.6 Å². The number of aryl methyl sites for hydroxylation is 1. The van der Waals surface area contributed by atoms with Crippen LogP contribution in [-0.2, 0) is 7.05 Å². The van der Waals surface area contributed by atoms with Gasteiger partial charge in [-0.3, -0.25) is 4.68 Å². The van der Waals surface area contributed by atoms with Crippen LogP contribution in [0.1, 0.15) is 17.3 Å². The lowest BCUT2D eigenvalue weighted by Crippen LogP contribution is -2.17. The lowest BCUT2D eigenvalue weighted by molar-refractivity contribution is 0.406. The van der Waals surface area contributed by atoms with Gasteiger partial charge in [-0.05, 0) is 17.7 Å². The number of methoxy groups -OCH3 is 1. The molecule has 0 amide bonds. The van der Waals surface area contributed by atoms with Gasteiger partial charge in [-0.2, -0.15) is 5.10 Å². The third-order valence-electron chi connectivity index (χ3n) is 2.77. The van der Waals surface area contributed by atoms with E-state index in [1.807, 2.05) is 0 Å². The van der Waals surface area contributed by atoms with Gasteiger partial charge < -0.3 is 10.5 Å². The Morgan fingerprint density at radius 2 is 2.22 bits per heavy atom. The molecule has 1 atom stereocenters. The molecule has 1 unspecified atom stereocenters. The molecule has 2 N–H and O–H groups in total. The van der Waals surface area contributed by atoms with E-state index in [-0.39, 0.29) is 5.02 Å². The van der Waals surface area contributed by atoms with Crippen LogP contribution in [0.3, 0.4) is 0 Å². The molecule has 6 heteroatoms. The number of halogens is 2. The summed E-state index contributed by atoms with van der Waals surface area (Å²) in [5, 5.41) is 4.14. The third-order valence-corrected chi connectivity index (χ3v) is 3.07. The average molecular weight is 270 g/mol. The highest BCUT2D eigenvalue weighted by Crippen LogP contribution is 2.29. The summed E-state index contributed by atoms with van der Waals surface area (Å²) in [5.41, 5.74) is 7.40. The highest BCUT2D eigenvalue weighted by Gasteiger charge is 2.19. The number of hydrogen-bond acceptors (Lipinski definition) is 3. The minimum absolute atomic E-state index is 0.0721. The third kappa shape index (κ3) is 2.19. The number of ether oxygens (including phenoxy) is 1. The monoisotopic (exact) mass is 269 g/mol. The van der Waals surface area contributed by atoms with Crippen LogP contribution in [0.2, 0.25) is 5.02 Å². The summed E-state index contributed by atoms with van der Waals surface area (Å²) in [4.78, 5) is 0. The molecule has 2 aromatic rings. The maximum atomic E-state index is 13.4. The van der Waals surface area contributed by atoms with E-state index in [2.05, 4.69) is 5.10 Å². The molecule has 2 rings (SSSR count). The normalized spacial score (nSPS) is 12.5. The van der Waals surface area contributed by atoms with E-state index in [1.54, 1.807) is 24.0 Å². The first-order valence-electron chi connectivity index (χ1n) is 5.31. The highest BCUT2D eigenvalue weighted by atomic mass is 35.5. The Balaban J connectivity index is 2.44. The van der Waals surface area contributed by atoms with Crippen LogP contribution < -0.4 is 10.5 Å². The van der Waals surface area contributed by atoms with Crippen molar-refractivity contribution in [1.82, 2.24) is 9.78 Å². The summed E-state index contributed by atoms with van der Waals surface area (Å²) in [5.74, 6) is 0.0751. The summed E-state index contributed by atoms with van der Waals surface area (Å²) in [6, 6.07) is 3.95. The van der Waals surface area contributed by atoms with E-state index >= 15 is 0 Å². The lowest BCUT2D eigenvalue weighted by Gasteiger charge is -2.14. The van der Waals surface area contributed by atoms with Gasteiger partial charge in [-0.25, -0.2) is 4.39 Å². The van der Waals surface area contributed by atoms with Gasteiger partial charge in [0.15, 0.2) is 5.75 Å². The Bertz CT molecular complexity index is 570. The Hall–Kier alpha value is -1.59. The minimum atomic E-state index is -0.529. The summed E-state index contributed by atoms with van der Waals surface area (Å²) >= 11 is 5.64. The molecule has 0 aliphatic carbocycles. The molecular weight excluding hydrogens is 257 g/mol. The van der Waals surface area contributed by atoms with Gasteiger partial charge in [0.1, 0.15) is 11.5 Å². The molecule has 0 saturated heterocycles. The van der Waals surface area contributed by atoms with Crippen LogP contribution in [0.5, 0.6) is 5.75 Å². The van der Waals surface area contributed by atoms with Crippen molar-refractivity contribution in [2.75, 3.05) is 7.11 Å². The van der Waals surface area contributed by atoms with Crippen LogP contribution in [0.15, 0.2) is 24.4 Å². The van der Waals surface area contributed by atoms with Gasteiger partial charge in [0, 0.05) is 7.05 Å². The van der Waals surface area contributed by atoms with E-state index in [0.29, 0.717) is 17.0 Å². The maximum Gasteiger partial charge on any atom is 0.161 e. The molecule has 0 bridgehead atoms. The lowest BCUT2D eigenvalue weighted by atomic mass is 10.0. The van der Waals surface area contributed by atoms with Crippen LogP contribution in [-0.4, -0.2) is 16.9 Å². The number of rotatable bonds is 3. The van der Waals surface area contributed by atoms with Crippen LogP contribution in [0.25, 0.3) is 0 Å². The zero-order chi connectivity index (χ0) is 13.3. The second-order valence-electron chi connectivity index (χ2n) is 3.87. The summed E-state index contributed by atoms with van der Waals surface area (Å²) < 4.78 is 20.2. The molecule has 18 heavy (non-hydrogen) atoms. The van der Waals surface area contributed by atoms with Gasteiger partial charge >= 0.3 is 0 Å². The first kappa shape index (κ1) is 12.9. The SMILES string of the molecule is COc1cnn(C)c1C(N)c1ccc(Cl)c(F)c1. The fourth-order valence-corrected chi connectivity index (χ4v) is 1.92. The van der Waals surface area contributed by atoms with Gasteiger partial charge in [0.25, 0.3) is 0 Å². The number of nitrogens with two attached hydrogens (primary N) is 1. The van der Waals surface area contributed by atoms with Crippen LogP contribution in [0, 0.1) is 5.82 Å². The quantitative estimate of drug-likeness (QED) is 0.930. The van der Waals surface area contributed by atoms with Gasteiger partial charge in [0.05, 0.1) is 24.4 Å². The second kappa shape index (κ2) is 4.96. The molecule has 1 aromatic heterocycles. The van der Waals surface area contributed by atoms with Gasteiger partial charge in [0.2, 0.25) is 0 Å². The molecule has 0 aliphatic rings. The Morgan fingerprint density at radius 1 is 1.50 bits per heavy atom. The van der Waals surface area contributed by atoms with Crippen molar-refractivity contribution in [2.45, 2.75) is 6.04 Å². The molecule has 0 fully saturated rings. The summed E-state index contributed by atoms with van der Waals surface area (Å²) in [6.45, 7) is 0. The number of aromatic nitrogens is 2. The van der Waals surface area contributed by atoms with E-state index < -0.39 is 11.9 Å². The smallest absolute Gasteiger partial charge is 0.161 e. The number of nitrogens with zero attached hydrogens (tertiary/aromatic N) is 2. The van der Waals surface area contributed by atoms with E-state index in [1.165, 1.54) is 19.2 Å². The van der Waals surface area contributed by atoms with Crippen molar-refractivity contribution in [1.29, 1.82) is 0 Å². The molecule has 0 aliphatic heterocycles. The molecular formula is C12H13ClFN3O. The highest BCUT2D eigenvalue weighted by molar-refractivity contribution is 6.30. The fraction of sp³-hybridized carbons (Fsp3) is 0.250. The van der Waals surface area contributed by atoms with Crippen molar-refractivity contribution in [2.24, 2.45) is 12.8 Å². The largest absolute Gasteiger partial charge is 0.493 e. The molecule has 1 aromatic carbocycles.